The molecule has 7 heteroatoms. The number of nitrogens with zero attached hydrogens (tertiary/aromatic N) is 5. The van der Waals surface area contributed by atoms with Gasteiger partial charge in [0.2, 0.25) is 0 Å². The van der Waals surface area contributed by atoms with Crippen molar-refractivity contribution in [1.29, 1.82) is 0 Å². The first kappa shape index (κ1) is 16.0. The predicted octanol–water partition coefficient (Wildman–Crippen LogP) is 2.62. The Morgan fingerprint density at radius 3 is 2.89 bits per heavy atom. The number of fused-ring (bicyclic) bond motifs is 2. The molecule has 7 nitrogen and oxygen atoms in total. The molecule has 4 aromatic rings. The van der Waals surface area contributed by atoms with Gasteiger partial charge in [-0.3, -0.25) is 9.58 Å². The molecule has 1 atom stereocenters. The highest BCUT2D eigenvalue weighted by atomic mass is 16.5. The summed E-state index contributed by atoms with van der Waals surface area (Å²) in [4.78, 5) is 14.1. The van der Waals surface area contributed by atoms with Gasteiger partial charge in [0.1, 0.15) is 6.10 Å². The molecule has 5 rings (SSSR count). The van der Waals surface area contributed by atoms with Crippen molar-refractivity contribution in [3.05, 3.63) is 72.4 Å². The molecule has 0 saturated carbocycles. The van der Waals surface area contributed by atoms with Gasteiger partial charge >= 0.3 is 6.01 Å². The fraction of sp³-hybridized carbons (Fsp3) is 0.250. The molecule has 0 unspecified atom stereocenters. The highest BCUT2D eigenvalue weighted by Crippen LogP contribution is 2.22. The van der Waals surface area contributed by atoms with E-state index in [0.717, 1.165) is 25.2 Å². The Morgan fingerprint density at radius 2 is 1.96 bits per heavy atom. The third-order valence-electron chi connectivity index (χ3n) is 4.92. The summed E-state index contributed by atoms with van der Waals surface area (Å²) in [5, 5.41) is 5.72. The van der Waals surface area contributed by atoms with Crippen LogP contribution in [0.3, 0.4) is 0 Å². The van der Waals surface area contributed by atoms with Crippen molar-refractivity contribution in [3.63, 3.8) is 0 Å². The van der Waals surface area contributed by atoms with Crippen LogP contribution in [0.4, 0.5) is 0 Å². The molecular weight excluding hydrogens is 340 g/mol. The lowest BCUT2D eigenvalue weighted by Crippen LogP contribution is -2.35. The van der Waals surface area contributed by atoms with Crippen molar-refractivity contribution < 1.29 is 4.74 Å². The molecule has 0 fully saturated rings. The Balaban J connectivity index is 1.42. The quantitative estimate of drug-likeness (QED) is 0.606. The molecule has 1 N–H and O–H groups in total. The summed E-state index contributed by atoms with van der Waals surface area (Å²) in [7, 11) is 0. The number of aromatic nitrogens is 5. The van der Waals surface area contributed by atoms with E-state index in [9.17, 15) is 0 Å². The van der Waals surface area contributed by atoms with Crippen LogP contribution < -0.4 is 4.74 Å². The molecule has 1 aromatic carbocycles. The lowest BCUT2D eigenvalue weighted by atomic mass is 10.1. The molecule has 1 aliphatic rings. The van der Waals surface area contributed by atoms with Crippen LogP contribution in [-0.2, 0) is 19.6 Å². The average Bonchev–Trinajstić information content (AvgIpc) is 3.30. The second-order valence-corrected chi connectivity index (χ2v) is 6.80. The maximum Gasteiger partial charge on any atom is 0.316 e. The third-order valence-corrected chi connectivity index (χ3v) is 4.92. The zero-order valence-electron chi connectivity index (χ0n) is 14.8. The van der Waals surface area contributed by atoms with E-state index in [1.54, 1.807) is 18.5 Å². The van der Waals surface area contributed by atoms with Gasteiger partial charge in [-0.2, -0.15) is 5.10 Å². The minimum atomic E-state index is -0.0704. The number of H-pyrrole nitrogens is 1. The molecule has 0 amide bonds. The number of rotatable bonds is 4. The van der Waals surface area contributed by atoms with Crippen molar-refractivity contribution in [2.45, 2.75) is 25.7 Å². The van der Waals surface area contributed by atoms with Gasteiger partial charge in [-0.1, -0.05) is 12.1 Å². The molecule has 4 heterocycles. The van der Waals surface area contributed by atoms with E-state index in [-0.39, 0.29) is 6.10 Å². The van der Waals surface area contributed by atoms with E-state index in [1.807, 2.05) is 17.1 Å². The zero-order chi connectivity index (χ0) is 18.1. The van der Waals surface area contributed by atoms with E-state index >= 15 is 0 Å². The van der Waals surface area contributed by atoms with Gasteiger partial charge in [0.25, 0.3) is 0 Å². The summed E-state index contributed by atoms with van der Waals surface area (Å²) in [6, 6.07) is 12.8. The normalized spacial score (nSPS) is 17.6. The predicted molar refractivity (Wildman–Crippen MR) is 101 cm³/mol. The van der Waals surface area contributed by atoms with Crippen molar-refractivity contribution in [2.24, 2.45) is 0 Å². The van der Waals surface area contributed by atoms with Crippen molar-refractivity contribution in [1.82, 2.24) is 29.6 Å². The Hall–Kier alpha value is -3.19. The van der Waals surface area contributed by atoms with Gasteiger partial charge in [0.15, 0.2) is 0 Å². The Kier molecular flexibility index (Phi) is 4.06. The lowest BCUT2D eigenvalue weighted by molar-refractivity contribution is 0.113. The van der Waals surface area contributed by atoms with E-state index in [1.165, 1.54) is 16.6 Å². The van der Waals surface area contributed by atoms with Crippen LogP contribution in [0.1, 0.15) is 11.3 Å². The van der Waals surface area contributed by atoms with Gasteiger partial charge in [-0.15, -0.1) is 0 Å². The SMILES string of the molecule is c1cnc(O[C@@H]2CN(Cc3cccc4[nH]ccc34)Cc3ccnn3C2)nc1. The molecule has 0 spiro atoms. The molecule has 136 valence electrons. The number of hydrogen-bond acceptors (Lipinski definition) is 5. The molecular formula is C20H20N6O. The fourth-order valence-electron chi connectivity index (χ4n) is 3.71. The largest absolute Gasteiger partial charge is 0.457 e. The molecule has 27 heavy (non-hydrogen) atoms. The average molecular weight is 360 g/mol. The Morgan fingerprint density at radius 1 is 1.04 bits per heavy atom. The van der Waals surface area contributed by atoms with Gasteiger partial charge < -0.3 is 9.72 Å². The molecule has 1 aliphatic heterocycles. The highest BCUT2D eigenvalue weighted by Gasteiger charge is 2.24. The summed E-state index contributed by atoms with van der Waals surface area (Å²) in [6.45, 7) is 3.14. The maximum absolute atomic E-state index is 6.07. The molecule has 0 bridgehead atoms. The first-order valence-corrected chi connectivity index (χ1v) is 9.07. The van der Waals surface area contributed by atoms with Crippen LogP contribution in [0.15, 0.2) is 61.2 Å². The second-order valence-electron chi connectivity index (χ2n) is 6.80. The maximum atomic E-state index is 6.07. The van der Waals surface area contributed by atoms with Crippen LogP contribution in [0.25, 0.3) is 10.9 Å². The number of hydrogen-bond donors (Lipinski definition) is 1. The second kappa shape index (κ2) is 6.85. The highest BCUT2D eigenvalue weighted by molar-refractivity contribution is 5.82. The van der Waals surface area contributed by atoms with Crippen LogP contribution in [0, 0.1) is 0 Å². The van der Waals surface area contributed by atoms with Crippen LogP contribution in [-0.4, -0.2) is 42.3 Å². The van der Waals surface area contributed by atoms with Gasteiger partial charge in [0, 0.05) is 55.3 Å². The summed E-state index contributed by atoms with van der Waals surface area (Å²) < 4.78 is 8.09. The van der Waals surface area contributed by atoms with Crippen molar-refractivity contribution in [3.8, 4) is 6.01 Å². The van der Waals surface area contributed by atoms with Crippen LogP contribution in [0.2, 0.25) is 0 Å². The molecule has 0 saturated heterocycles. The van der Waals surface area contributed by atoms with E-state index in [0.29, 0.717) is 12.6 Å². The lowest BCUT2D eigenvalue weighted by Gasteiger charge is -2.24. The molecule has 0 aliphatic carbocycles. The standard InChI is InChI=1S/C20H20N6O/c1-3-15(18-6-9-21-19(18)4-1)11-25-12-16-5-10-24-26(16)14-17(13-25)27-20-22-7-2-8-23-20/h1-10,17,21H,11-14H2/t17-/m1/s1. The minimum absolute atomic E-state index is 0.0704. The molecule has 3 aromatic heterocycles. The number of nitrogens with one attached hydrogen (secondary N) is 1. The summed E-state index contributed by atoms with van der Waals surface area (Å²) >= 11 is 0. The monoisotopic (exact) mass is 360 g/mol. The van der Waals surface area contributed by atoms with Gasteiger partial charge in [-0.05, 0) is 29.8 Å². The smallest absolute Gasteiger partial charge is 0.316 e. The van der Waals surface area contributed by atoms with Crippen LogP contribution in [0.5, 0.6) is 6.01 Å². The van der Waals surface area contributed by atoms with Gasteiger partial charge in [0.05, 0.1) is 12.2 Å². The van der Waals surface area contributed by atoms with Crippen molar-refractivity contribution >= 4 is 10.9 Å². The summed E-state index contributed by atoms with van der Waals surface area (Å²) in [6.07, 6.45) is 7.16. The Bertz CT molecular complexity index is 1040. The van der Waals surface area contributed by atoms with E-state index < -0.39 is 0 Å². The minimum Gasteiger partial charge on any atom is -0.457 e. The van der Waals surface area contributed by atoms with Crippen LogP contribution >= 0.6 is 0 Å². The first-order valence-electron chi connectivity index (χ1n) is 9.07. The van der Waals surface area contributed by atoms with Crippen molar-refractivity contribution in [2.75, 3.05) is 6.54 Å². The Labute approximate surface area is 156 Å². The first-order chi connectivity index (χ1) is 13.3. The molecule has 0 radical (unpaired) electrons. The third kappa shape index (κ3) is 3.29. The number of aromatic amines is 1. The fourth-order valence-corrected chi connectivity index (χ4v) is 3.71. The summed E-state index contributed by atoms with van der Waals surface area (Å²) in [5.41, 5.74) is 3.66. The number of benzene rings is 1. The number of ether oxygens (including phenoxy) is 1. The van der Waals surface area contributed by atoms with E-state index in [2.05, 4.69) is 55.3 Å². The summed E-state index contributed by atoms with van der Waals surface area (Å²) in [5.74, 6) is 0. The van der Waals surface area contributed by atoms with E-state index in [4.69, 9.17) is 4.74 Å². The van der Waals surface area contributed by atoms with Gasteiger partial charge in [-0.25, -0.2) is 9.97 Å². The topological polar surface area (TPSA) is 71.9 Å². The zero-order valence-corrected chi connectivity index (χ0v) is 14.8.